The molecule has 0 fully saturated rings. The number of rotatable bonds is 6. The Kier molecular flexibility index (Phi) is 5.52. The second-order valence-corrected chi connectivity index (χ2v) is 3.94. The van der Waals surface area contributed by atoms with Crippen LogP contribution < -0.4 is 10.6 Å². The van der Waals surface area contributed by atoms with Crippen LogP contribution in [0.15, 0.2) is 10.6 Å². The van der Waals surface area contributed by atoms with Gasteiger partial charge in [-0.2, -0.15) is 0 Å². The fourth-order valence-electron chi connectivity index (χ4n) is 1.70. The van der Waals surface area contributed by atoms with Crippen molar-refractivity contribution in [2.45, 2.75) is 46.1 Å². The summed E-state index contributed by atoms with van der Waals surface area (Å²) in [4.78, 5) is 11.2. The zero-order valence-corrected chi connectivity index (χ0v) is 10.7. The van der Waals surface area contributed by atoms with Gasteiger partial charge in [0.2, 0.25) is 0 Å². The molecule has 0 aliphatic rings. The second-order valence-electron chi connectivity index (χ2n) is 3.94. The van der Waals surface area contributed by atoms with Crippen LogP contribution >= 0.6 is 0 Å². The first-order valence-corrected chi connectivity index (χ1v) is 6.18. The van der Waals surface area contributed by atoms with Gasteiger partial charge >= 0.3 is 6.03 Å². The maximum absolute atomic E-state index is 11.2. The van der Waals surface area contributed by atoms with E-state index >= 15 is 0 Å². The van der Waals surface area contributed by atoms with Crippen molar-refractivity contribution < 1.29 is 9.32 Å². The van der Waals surface area contributed by atoms with E-state index in [0.717, 1.165) is 18.5 Å². The van der Waals surface area contributed by atoms with Gasteiger partial charge in [0.05, 0.1) is 12.2 Å². The maximum atomic E-state index is 11.2. The van der Waals surface area contributed by atoms with Crippen molar-refractivity contribution in [2.75, 3.05) is 6.54 Å². The Bertz CT molecular complexity index is 345. The van der Waals surface area contributed by atoms with Gasteiger partial charge in [-0.25, -0.2) is 4.79 Å². The van der Waals surface area contributed by atoms with Gasteiger partial charge in [0, 0.05) is 18.5 Å². The predicted octanol–water partition coefficient (Wildman–Crippen LogP) is 2.40. The summed E-state index contributed by atoms with van der Waals surface area (Å²) in [6, 6.07) is 1.73. The molecule has 1 rings (SSSR count). The number of hydrogen-bond acceptors (Lipinski definition) is 3. The number of hydrogen-bond donors (Lipinski definition) is 2. The first-order chi connectivity index (χ1) is 8.21. The number of carbonyl (C=O) groups excluding carboxylic acids is 1. The highest BCUT2D eigenvalue weighted by atomic mass is 16.5. The number of urea groups is 1. The molecule has 1 aromatic rings. The van der Waals surface area contributed by atoms with Crippen molar-refractivity contribution in [1.82, 2.24) is 15.8 Å². The number of carbonyl (C=O) groups is 1. The van der Waals surface area contributed by atoms with E-state index in [9.17, 15) is 4.79 Å². The Labute approximate surface area is 102 Å². The van der Waals surface area contributed by atoms with Gasteiger partial charge in [-0.3, -0.25) is 0 Å². The van der Waals surface area contributed by atoms with Gasteiger partial charge in [-0.05, 0) is 19.8 Å². The highest BCUT2D eigenvalue weighted by Gasteiger charge is 2.13. The summed E-state index contributed by atoms with van der Waals surface area (Å²) in [7, 11) is 0. The van der Waals surface area contributed by atoms with Gasteiger partial charge in [0.1, 0.15) is 0 Å². The average Bonchev–Trinajstić information content (AvgIpc) is 2.77. The molecule has 96 valence electrons. The van der Waals surface area contributed by atoms with Crippen LogP contribution in [-0.2, 0) is 6.54 Å². The summed E-state index contributed by atoms with van der Waals surface area (Å²) < 4.78 is 5.19. The number of nitrogens with zero attached hydrogens (tertiary/aromatic N) is 1. The topological polar surface area (TPSA) is 67.2 Å². The van der Waals surface area contributed by atoms with E-state index in [2.05, 4.69) is 29.6 Å². The smallest absolute Gasteiger partial charge is 0.315 e. The summed E-state index contributed by atoms with van der Waals surface area (Å²) >= 11 is 0. The number of nitrogens with one attached hydrogen (secondary N) is 2. The zero-order chi connectivity index (χ0) is 12.7. The zero-order valence-electron chi connectivity index (χ0n) is 10.7. The summed E-state index contributed by atoms with van der Waals surface area (Å²) in [5.74, 6) is 1.13. The van der Waals surface area contributed by atoms with Crippen LogP contribution in [0.2, 0.25) is 0 Å². The summed E-state index contributed by atoms with van der Waals surface area (Å²) in [6.45, 7) is 7.13. The summed E-state index contributed by atoms with van der Waals surface area (Å²) in [5, 5.41) is 9.40. The van der Waals surface area contributed by atoms with E-state index in [1.807, 2.05) is 13.0 Å². The molecule has 17 heavy (non-hydrogen) atoms. The molecular weight excluding hydrogens is 218 g/mol. The molecule has 1 aromatic heterocycles. The molecule has 0 unspecified atom stereocenters. The standard InChI is InChI=1S/C12H21N3O2/c1-4-9(5-2)11-7-10(17-15-11)8-14-12(16)13-6-3/h7,9H,4-6,8H2,1-3H3,(H2,13,14,16). The van der Waals surface area contributed by atoms with E-state index in [1.54, 1.807) is 0 Å². The lowest BCUT2D eigenvalue weighted by Crippen LogP contribution is -2.34. The molecule has 0 saturated heterocycles. The van der Waals surface area contributed by atoms with E-state index < -0.39 is 0 Å². The number of aromatic nitrogens is 1. The summed E-state index contributed by atoms with van der Waals surface area (Å²) in [5.41, 5.74) is 0.975. The van der Waals surface area contributed by atoms with Crippen LogP contribution in [0.1, 0.15) is 51.0 Å². The Balaban J connectivity index is 2.48. The lowest BCUT2D eigenvalue weighted by atomic mass is 9.99. The lowest BCUT2D eigenvalue weighted by Gasteiger charge is -2.06. The van der Waals surface area contributed by atoms with Crippen molar-refractivity contribution in [2.24, 2.45) is 0 Å². The molecule has 1 heterocycles. The molecule has 2 amide bonds. The van der Waals surface area contributed by atoms with Crippen molar-refractivity contribution in [3.05, 3.63) is 17.5 Å². The molecule has 2 N–H and O–H groups in total. The van der Waals surface area contributed by atoms with Crippen molar-refractivity contribution in [1.29, 1.82) is 0 Å². The predicted molar refractivity (Wildman–Crippen MR) is 65.7 cm³/mol. The van der Waals surface area contributed by atoms with Crippen LogP contribution in [0.25, 0.3) is 0 Å². The van der Waals surface area contributed by atoms with Gasteiger partial charge in [-0.15, -0.1) is 0 Å². The molecule has 5 heteroatoms. The summed E-state index contributed by atoms with van der Waals surface area (Å²) in [6.07, 6.45) is 2.10. The largest absolute Gasteiger partial charge is 0.359 e. The van der Waals surface area contributed by atoms with Crippen LogP contribution in [0.3, 0.4) is 0 Å². The highest BCUT2D eigenvalue weighted by molar-refractivity contribution is 5.73. The first-order valence-electron chi connectivity index (χ1n) is 6.18. The molecule has 0 aliphatic heterocycles. The van der Waals surface area contributed by atoms with Gasteiger partial charge < -0.3 is 15.2 Å². The molecule has 0 spiro atoms. The van der Waals surface area contributed by atoms with Crippen molar-refractivity contribution in [3.63, 3.8) is 0 Å². The third-order valence-electron chi connectivity index (χ3n) is 2.74. The Hall–Kier alpha value is -1.52. The van der Waals surface area contributed by atoms with E-state index in [4.69, 9.17) is 4.52 Å². The minimum atomic E-state index is -0.187. The third-order valence-corrected chi connectivity index (χ3v) is 2.74. The molecule has 0 aliphatic carbocycles. The Morgan fingerprint density at radius 2 is 2.06 bits per heavy atom. The Morgan fingerprint density at radius 3 is 2.65 bits per heavy atom. The molecule has 0 saturated carbocycles. The van der Waals surface area contributed by atoms with Crippen LogP contribution in [0, 0.1) is 0 Å². The second kappa shape index (κ2) is 6.93. The normalized spacial score (nSPS) is 10.6. The highest BCUT2D eigenvalue weighted by Crippen LogP contribution is 2.22. The van der Waals surface area contributed by atoms with Crippen molar-refractivity contribution in [3.8, 4) is 0 Å². The fourth-order valence-corrected chi connectivity index (χ4v) is 1.70. The molecule has 0 atom stereocenters. The Morgan fingerprint density at radius 1 is 1.35 bits per heavy atom. The molecule has 0 aromatic carbocycles. The van der Waals surface area contributed by atoms with Gasteiger partial charge in [0.25, 0.3) is 0 Å². The molecular formula is C12H21N3O2. The molecule has 5 nitrogen and oxygen atoms in total. The van der Waals surface area contributed by atoms with E-state index in [-0.39, 0.29) is 6.03 Å². The SMILES string of the molecule is CCNC(=O)NCc1cc(C(CC)CC)no1. The number of amides is 2. The first kappa shape index (κ1) is 13.5. The van der Waals surface area contributed by atoms with Crippen LogP contribution in [0.5, 0.6) is 0 Å². The quantitative estimate of drug-likeness (QED) is 0.801. The molecule has 0 bridgehead atoms. The minimum Gasteiger partial charge on any atom is -0.359 e. The van der Waals surface area contributed by atoms with Gasteiger partial charge in [-0.1, -0.05) is 19.0 Å². The maximum Gasteiger partial charge on any atom is 0.315 e. The van der Waals surface area contributed by atoms with Crippen molar-refractivity contribution >= 4 is 6.03 Å². The van der Waals surface area contributed by atoms with Crippen LogP contribution in [0.4, 0.5) is 4.79 Å². The van der Waals surface area contributed by atoms with Crippen LogP contribution in [-0.4, -0.2) is 17.7 Å². The fraction of sp³-hybridized carbons (Fsp3) is 0.667. The monoisotopic (exact) mass is 239 g/mol. The lowest BCUT2D eigenvalue weighted by molar-refractivity contribution is 0.239. The van der Waals surface area contributed by atoms with E-state index in [0.29, 0.717) is 24.8 Å². The molecule has 0 radical (unpaired) electrons. The average molecular weight is 239 g/mol. The minimum absolute atomic E-state index is 0.187. The van der Waals surface area contributed by atoms with E-state index in [1.165, 1.54) is 0 Å². The third kappa shape index (κ3) is 4.09. The van der Waals surface area contributed by atoms with Gasteiger partial charge in [0.15, 0.2) is 5.76 Å².